The number of hydrogen-bond donors (Lipinski definition) is 2. The van der Waals surface area contributed by atoms with E-state index in [0.717, 1.165) is 27.7 Å². The molecule has 0 saturated carbocycles. The predicted octanol–water partition coefficient (Wildman–Crippen LogP) is 2.28. The number of thioether (sulfide) groups is 1. The summed E-state index contributed by atoms with van der Waals surface area (Å²) in [6.07, 6.45) is 0. The average Bonchev–Trinajstić information content (AvgIpc) is 2.55. The molecule has 0 bridgehead atoms. The highest BCUT2D eigenvalue weighted by Gasteiger charge is 2.18. The molecule has 0 saturated heterocycles. The Hall–Kier alpha value is -2.47. The van der Waals surface area contributed by atoms with Gasteiger partial charge in [0, 0.05) is 28.9 Å². The first-order valence-electron chi connectivity index (χ1n) is 7.28. The molecule has 2 aromatic carbocycles. The molecular formula is C17H18N4OS. The largest absolute Gasteiger partial charge is 0.398 e. The van der Waals surface area contributed by atoms with Gasteiger partial charge in [-0.25, -0.2) is 5.43 Å². The van der Waals surface area contributed by atoms with Crippen LogP contribution in [0.4, 0.5) is 5.69 Å². The Balaban J connectivity index is 1.74. The average molecular weight is 326 g/mol. The minimum Gasteiger partial charge on any atom is -0.398 e. The van der Waals surface area contributed by atoms with Crippen molar-refractivity contribution in [2.24, 2.45) is 5.10 Å². The van der Waals surface area contributed by atoms with Crippen LogP contribution in [-0.4, -0.2) is 30.2 Å². The van der Waals surface area contributed by atoms with Gasteiger partial charge in [0.2, 0.25) is 0 Å². The number of carbonyl (C=O) groups excluding carboxylic acids is 1. The maximum absolute atomic E-state index is 11.3. The van der Waals surface area contributed by atoms with Gasteiger partial charge >= 0.3 is 0 Å². The maximum atomic E-state index is 11.3. The normalized spacial score (nSPS) is 14.4. The van der Waals surface area contributed by atoms with E-state index in [1.807, 2.05) is 48.3 Å². The van der Waals surface area contributed by atoms with Crippen molar-refractivity contribution in [3.63, 3.8) is 0 Å². The van der Waals surface area contributed by atoms with Crippen LogP contribution in [0.5, 0.6) is 0 Å². The molecule has 6 heteroatoms. The number of hydrogen-bond acceptors (Lipinski definition) is 5. The number of anilines is 1. The SMILES string of the molecule is CN1CC(=O)NN=C1c1ccc(SCc2ccccc2)c(N)c1. The van der Waals surface area contributed by atoms with Crippen LogP contribution in [0.3, 0.4) is 0 Å². The van der Waals surface area contributed by atoms with Crippen LogP contribution < -0.4 is 11.2 Å². The van der Waals surface area contributed by atoms with Crippen LogP contribution in [0.15, 0.2) is 58.5 Å². The molecule has 0 aromatic heterocycles. The Bertz CT molecular complexity index is 746. The first-order valence-corrected chi connectivity index (χ1v) is 8.26. The first kappa shape index (κ1) is 15.4. The number of amides is 1. The summed E-state index contributed by atoms with van der Waals surface area (Å²) in [5, 5.41) is 4.11. The second-order valence-electron chi connectivity index (χ2n) is 5.35. The van der Waals surface area contributed by atoms with Crippen LogP contribution in [0.1, 0.15) is 11.1 Å². The fraction of sp³-hybridized carbons (Fsp3) is 0.176. The molecular weight excluding hydrogens is 308 g/mol. The Labute approximate surface area is 139 Å². The number of nitrogens with two attached hydrogens (primary N) is 1. The lowest BCUT2D eigenvalue weighted by atomic mass is 10.1. The van der Waals surface area contributed by atoms with Crippen molar-refractivity contribution in [2.45, 2.75) is 10.6 Å². The van der Waals surface area contributed by atoms with Crippen LogP contribution in [0, 0.1) is 0 Å². The molecule has 3 rings (SSSR count). The van der Waals surface area contributed by atoms with E-state index in [1.54, 1.807) is 11.8 Å². The number of hydrazone groups is 1. The third-order valence-electron chi connectivity index (χ3n) is 3.53. The predicted molar refractivity (Wildman–Crippen MR) is 94.2 cm³/mol. The van der Waals surface area contributed by atoms with Gasteiger partial charge in [-0.15, -0.1) is 11.8 Å². The summed E-state index contributed by atoms with van der Waals surface area (Å²) in [6.45, 7) is 0.295. The Kier molecular flexibility index (Phi) is 4.52. The zero-order valence-corrected chi connectivity index (χ0v) is 13.6. The molecule has 1 aliphatic heterocycles. The summed E-state index contributed by atoms with van der Waals surface area (Å²) in [5.74, 6) is 1.48. The third-order valence-corrected chi connectivity index (χ3v) is 4.69. The monoisotopic (exact) mass is 326 g/mol. The van der Waals surface area contributed by atoms with E-state index in [9.17, 15) is 4.79 Å². The minimum absolute atomic E-state index is 0.112. The second kappa shape index (κ2) is 6.75. The molecule has 1 heterocycles. The van der Waals surface area contributed by atoms with Gasteiger partial charge < -0.3 is 10.6 Å². The van der Waals surface area contributed by atoms with Gasteiger partial charge in [-0.05, 0) is 23.8 Å². The highest BCUT2D eigenvalue weighted by Crippen LogP contribution is 2.29. The zero-order chi connectivity index (χ0) is 16.2. The summed E-state index contributed by atoms with van der Waals surface area (Å²) in [7, 11) is 1.84. The summed E-state index contributed by atoms with van der Waals surface area (Å²) in [5.41, 5.74) is 11.6. The molecule has 1 aliphatic rings. The van der Waals surface area contributed by atoms with Crippen molar-refractivity contribution < 1.29 is 4.79 Å². The van der Waals surface area contributed by atoms with Crippen LogP contribution in [0.2, 0.25) is 0 Å². The van der Waals surface area contributed by atoms with E-state index in [0.29, 0.717) is 6.54 Å². The van der Waals surface area contributed by atoms with E-state index < -0.39 is 0 Å². The third kappa shape index (κ3) is 3.65. The molecule has 0 unspecified atom stereocenters. The number of carbonyl (C=O) groups is 1. The Morgan fingerprint density at radius 1 is 1.26 bits per heavy atom. The summed E-state index contributed by atoms with van der Waals surface area (Å²) >= 11 is 1.71. The fourth-order valence-corrected chi connectivity index (χ4v) is 3.27. The molecule has 118 valence electrons. The minimum atomic E-state index is -0.112. The van der Waals surface area contributed by atoms with Gasteiger partial charge in [0.05, 0.1) is 6.54 Å². The van der Waals surface area contributed by atoms with Gasteiger partial charge in [-0.2, -0.15) is 5.10 Å². The van der Waals surface area contributed by atoms with Gasteiger partial charge in [0.15, 0.2) is 5.84 Å². The summed E-state index contributed by atoms with van der Waals surface area (Å²) < 4.78 is 0. The smallest absolute Gasteiger partial charge is 0.259 e. The fourth-order valence-electron chi connectivity index (χ4n) is 2.37. The van der Waals surface area contributed by atoms with Gasteiger partial charge in [-0.3, -0.25) is 4.79 Å². The molecule has 2 aromatic rings. The maximum Gasteiger partial charge on any atom is 0.259 e. The van der Waals surface area contributed by atoms with Crippen LogP contribution in [-0.2, 0) is 10.5 Å². The molecule has 0 radical (unpaired) electrons. The number of rotatable bonds is 4. The summed E-state index contributed by atoms with van der Waals surface area (Å²) in [6, 6.07) is 16.2. The number of nitrogens with zero attached hydrogens (tertiary/aromatic N) is 2. The lowest BCUT2D eigenvalue weighted by molar-refractivity contribution is -0.121. The molecule has 0 aliphatic carbocycles. The lowest BCUT2D eigenvalue weighted by Crippen LogP contribution is -2.43. The Morgan fingerprint density at radius 2 is 2.04 bits per heavy atom. The first-order chi connectivity index (χ1) is 11.1. The van der Waals surface area contributed by atoms with Crippen molar-refractivity contribution in [3.8, 4) is 0 Å². The molecule has 0 spiro atoms. The molecule has 0 atom stereocenters. The molecule has 3 N–H and O–H groups in total. The van der Waals surface area contributed by atoms with Crippen molar-refractivity contribution >= 4 is 29.2 Å². The second-order valence-corrected chi connectivity index (χ2v) is 6.37. The van der Waals surface area contributed by atoms with Gasteiger partial charge in [0.25, 0.3) is 5.91 Å². The van der Waals surface area contributed by atoms with E-state index in [4.69, 9.17) is 5.73 Å². The number of nitrogens with one attached hydrogen (secondary N) is 1. The topological polar surface area (TPSA) is 70.7 Å². The van der Waals surface area contributed by atoms with Gasteiger partial charge in [-0.1, -0.05) is 30.3 Å². The van der Waals surface area contributed by atoms with E-state index in [-0.39, 0.29) is 5.91 Å². The van der Waals surface area contributed by atoms with Crippen LogP contribution >= 0.6 is 11.8 Å². The number of nitrogen functional groups attached to an aromatic ring is 1. The van der Waals surface area contributed by atoms with Crippen molar-refractivity contribution in [1.82, 2.24) is 10.3 Å². The molecule has 23 heavy (non-hydrogen) atoms. The highest BCUT2D eigenvalue weighted by atomic mass is 32.2. The molecule has 0 fully saturated rings. The van der Waals surface area contributed by atoms with E-state index in [1.165, 1.54) is 5.56 Å². The standard InChI is InChI=1S/C17H18N4OS/c1-21-10-16(22)19-20-17(21)13-7-8-15(14(18)9-13)23-11-12-5-3-2-4-6-12/h2-9H,10-11,18H2,1H3,(H,19,22). The molecule has 5 nitrogen and oxygen atoms in total. The lowest BCUT2D eigenvalue weighted by Gasteiger charge is -2.24. The van der Waals surface area contributed by atoms with Crippen molar-refractivity contribution in [3.05, 3.63) is 59.7 Å². The summed E-state index contributed by atoms with van der Waals surface area (Å²) in [4.78, 5) is 14.2. The van der Waals surface area contributed by atoms with Crippen molar-refractivity contribution in [1.29, 1.82) is 0 Å². The van der Waals surface area contributed by atoms with Crippen molar-refractivity contribution in [2.75, 3.05) is 19.3 Å². The number of amidine groups is 1. The van der Waals surface area contributed by atoms with Crippen LogP contribution in [0.25, 0.3) is 0 Å². The highest BCUT2D eigenvalue weighted by molar-refractivity contribution is 7.98. The quantitative estimate of drug-likeness (QED) is 0.668. The van der Waals surface area contributed by atoms with Gasteiger partial charge in [0.1, 0.15) is 0 Å². The number of benzene rings is 2. The van der Waals surface area contributed by atoms with E-state index >= 15 is 0 Å². The number of likely N-dealkylation sites (N-methyl/N-ethyl adjacent to an activating group) is 1. The molecule has 1 amide bonds. The zero-order valence-electron chi connectivity index (χ0n) is 12.8. The van der Waals surface area contributed by atoms with E-state index in [2.05, 4.69) is 22.7 Å². The Morgan fingerprint density at radius 3 is 2.74 bits per heavy atom.